The lowest BCUT2D eigenvalue weighted by Gasteiger charge is -2.50. The summed E-state index contributed by atoms with van der Waals surface area (Å²) in [6.07, 6.45) is -0.00727. The number of hydrogen-bond donors (Lipinski definition) is 0. The topological polar surface area (TPSA) is 46.2 Å². The van der Waals surface area contributed by atoms with Gasteiger partial charge in [0.05, 0.1) is 19.6 Å². The molecule has 2 atom stereocenters. The molecular weight excluding hydrogens is 164 g/mol. The Morgan fingerprint density at radius 2 is 1.58 bits per heavy atom. The van der Waals surface area contributed by atoms with Crippen LogP contribution in [-0.2, 0) is 23.7 Å². The van der Waals surface area contributed by atoms with Crippen LogP contribution < -0.4 is 0 Å². The summed E-state index contributed by atoms with van der Waals surface area (Å²) < 4.78 is 26.2. The fourth-order valence-corrected chi connectivity index (χ4v) is 1.45. The summed E-state index contributed by atoms with van der Waals surface area (Å²) in [4.78, 5) is 0. The van der Waals surface area contributed by atoms with Gasteiger partial charge >= 0.3 is 6.16 Å². The minimum absolute atomic E-state index is 0.207. The summed E-state index contributed by atoms with van der Waals surface area (Å²) in [6.45, 7) is 1.22. The maximum absolute atomic E-state index is 5.29. The molecule has 5 heteroatoms. The van der Waals surface area contributed by atoms with Crippen molar-refractivity contribution in [1.29, 1.82) is 0 Å². The van der Waals surface area contributed by atoms with E-state index in [0.717, 1.165) is 12.8 Å². The Kier molecular flexibility index (Phi) is 1.44. The first-order valence-corrected chi connectivity index (χ1v) is 4.15. The first-order valence-electron chi connectivity index (χ1n) is 4.15. The van der Waals surface area contributed by atoms with Crippen LogP contribution in [0.3, 0.4) is 0 Å². The van der Waals surface area contributed by atoms with Crippen LogP contribution >= 0.6 is 0 Å². The Labute approximate surface area is 69.5 Å². The highest BCUT2D eigenvalue weighted by Gasteiger charge is 2.54. The lowest BCUT2D eigenvalue weighted by atomic mass is 10.3. The van der Waals surface area contributed by atoms with Gasteiger partial charge in [0, 0.05) is 0 Å². The number of rotatable bonds is 0. The van der Waals surface area contributed by atoms with Gasteiger partial charge in [0.2, 0.25) is 0 Å². The van der Waals surface area contributed by atoms with Crippen molar-refractivity contribution in [3.05, 3.63) is 0 Å². The zero-order valence-electron chi connectivity index (χ0n) is 6.52. The molecular formula is C7H10O5. The molecule has 2 bridgehead atoms. The van der Waals surface area contributed by atoms with Gasteiger partial charge in [-0.25, -0.2) is 0 Å². The van der Waals surface area contributed by atoms with Gasteiger partial charge in [-0.15, -0.1) is 0 Å². The van der Waals surface area contributed by atoms with Crippen LogP contribution in [0.4, 0.5) is 0 Å². The summed E-state index contributed by atoms with van der Waals surface area (Å²) in [5, 5.41) is 0. The summed E-state index contributed by atoms with van der Waals surface area (Å²) in [5.74, 6) is 0. The van der Waals surface area contributed by atoms with Crippen molar-refractivity contribution in [3.8, 4) is 0 Å². The quantitative estimate of drug-likeness (QED) is 0.523. The summed E-state index contributed by atoms with van der Waals surface area (Å²) in [5.41, 5.74) is 0. The van der Waals surface area contributed by atoms with Crippen LogP contribution in [0.2, 0.25) is 0 Å². The van der Waals surface area contributed by atoms with E-state index in [9.17, 15) is 0 Å². The highest BCUT2D eigenvalue weighted by molar-refractivity contribution is 4.71. The lowest BCUT2D eigenvalue weighted by Crippen LogP contribution is -2.62. The average molecular weight is 174 g/mol. The minimum Gasteiger partial charge on any atom is -0.323 e. The maximum Gasteiger partial charge on any atom is 0.417 e. The van der Waals surface area contributed by atoms with Crippen LogP contribution in [0.25, 0.3) is 0 Å². The van der Waals surface area contributed by atoms with E-state index in [2.05, 4.69) is 0 Å². The molecule has 0 amide bonds. The smallest absolute Gasteiger partial charge is 0.323 e. The second-order valence-corrected chi connectivity index (χ2v) is 3.02. The highest BCUT2D eigenvalue weighted by Crippen LogP contribution is 2.39. The molecule has 4 saturated heterocycles. The molecule has 4 rings (SSSR count). The van der Waals surface area contributed by atoms with Gasteiger partial charge in [-0.1, -0.05) is 0 Å². The third kappa shape index (κ3) is 0.982. The molecule has 4 aliphatic rings. The van der Waals surface area contributed by atoms with Gasteiger partial charge in [-0.2, -0.15) is 0 Å². The van der Waals surface area contributed by atoms with E-state index in [-0.39, 0.29) is 12.6 Å². The molecule has 2 unspecified atom stereocenters. The average Bonchev–Trinajstić information content (AvgIpc) is 2.03. The first-order chi connectivity index (χ1) is 5.86. The Morgan fingerprint density at radius 3 is 2.17 bits per heavy atom. The summed E-state index contributed by atoms with van der Waals surface area (Å²) >= 11 is 0. The molecule has 4 aliphatic heterocycles. The van der Waals surface area contributed by atoms with Gasteiger partial charge in [-0.05, 0) is 6.42 Å². The molecule has 0 N–H and O–H groups in total. The zero-order valence-corrected chi connectivity index (χ0v) is 6.52. The van der Waals surface area contributed by atoms with Crippen molar-refractivity contribution < 1.29 is 23.7 Å². The number of ether oxygens (including phenoxy) is 5. The SMILES string of the molecule is C1COC2(OC1)OC1CC(O1)O2. The molecule has 0 radical (unpaired) electrons. The van der Waals surface area contributed by atoms with E-state index in [1.165, 1.54) is 0 Å². The van der Waals surface area contributed by atoms with Crippen molar-refractivity contribution in [2.75, 3.05) is 13.2 Å². The van der Waals surface area contributed by atoms with Crippen molar-refractivity contribution >= 4 is 0 Å². The molecule has 0 aromatic heterocycles. The van der Waals surface area contributed by atoms with Crippen LogP contribution in [0, 0.1) is 0 Å². The molecule has 4 fully saturated rings. The molecule has 0 aromatic rings. The fourth-order valence-electron chi connectivity index (χ4n) is 1.45. The molecule has 5 nitrogen and oxygen atoms in total. The molecule has 12 heavy (non-hydrogen) atoms. The summed E-state index contributed by atoms with van der Waals surface area (Å²) in [7, 11) is 0. The minimum atomic E-state index is -1.25. The Hall–Kier alpha value is -0.200. The fraction of sp³-hybridized carbons (Fsp3) is 1.00. The van der Waals surface area contributed by atoms with Crippen molar-refractivity contribution in [2.24, 2.45) is 0 Å². The van der Waals surface area contributed by atoms with Gasteiger partial charge in [0.25, 0.3) is 0 Å². The normalized spacial score (nSPS) is 44.0. The van der Waals surface area contributed by atoms with E-state index >= 15 is 0 Å². The summed E-state index contributed by atoms with van der Waals surface area (Å²) in [6, 6.07) is 0. The molecule has 0 saturated carbocycles. The zero-order chi connectivity index (χ0) is 8.02. The second kappa shape index (κ2) is 2.40. The molecule has 0 aliphatic carbocycles. The van der Waals surface area contributed by atoms with Gasteiger partial charge in [-0.3, -0.25) is 9.47 Å². The third-order valence-corrected chi connectivity index (χ3v) is 2.09. The van der Waals surface area contributed by atoms with E-state index < -0.39 is 6.16 Å². The Morgan fingerprint density at radius 1 is 1.00 bits per heavy atom. The maximum atomic E-state index is 5.29. The highest BCUT2D eigenvalue weighted by atomic mass is 17.1. The van der Waals surface area contributed by atoms with E-state index in [4.69, 9.17) is 23.7 Å². The van der Waals surface area contributed by atoms with Crippen molar-refractivity contribution in [2.45, 2.75) is 31.6 Å². The van der Waals surface area contributed by atoms with Crippen LogP contribution in [-0.4, -0.2) is 32.0 Å². The van der Waals surface area contributed by atoms with Crippen molar-refractivity contribution in [3.63, 3.8) is 0 Å². The standard InChI is InChI=1S/C7H10O5/c1-2-8-7(9-3-1)11-5-4-6(10-5)12-7/h5-6H,1-4H2. The van der Waals surface area contributed by atoms with E-state index in [0.29, 0.717) is 13.2 Å². The second-order valence-electron chi connectivity index (χ2n) is 3.02. The third-order valence-electron chi connectivity index (χ3n) is 2.09. The monoisotopic (exact) mass is 174 g/mol. The molecule has 68 valence electrons. The van der Waals surface area contributed by atoms with Crippen LogP contribution in [0.5, 0.6) is 0 Å². The first kappa shape index (κ1) is 7.23. The number of hydrogen-bond acceptors (Lipinski definition) is 5. The van der Waals surface area contributed by atoms with Gasteiger partial charge in [0.1, 0.15) is 0 Å². The van der Waals surface area contributed by atoms with Crippen LogP contribution in [0.15, 0.2) is 0 Å². The Bertz CT molecular complexity index is 170. The van der Waals surface area contributed by atoms with Crippen LogP contribution in [0.1, 0.15) is 12.8 Å². The van der Waals surface area contributed by atoms with Gasteiger partial charge in [0.15, 0.2) is 12.6 Å². The largest absolute Gasteiger partial charge is 0.417 e. The molecule has 1 spiro atoms. The predicted molar refractivity (Wildman–Crippen MR) is 34.7 cm³/mol. The van der Waals surface area contributed by atoms with Gasteiger partial charge < -0.3 is 14.2 Å². The van der Waals surface area contributed by atoms with E-state index in [1.54, 1.807) is 0 Å². The molecule has 4 heterocycles. The predicted octanol–water partition coefficient (Wildman–Crippen LogP) is 0.154. The molecule has 0 aromatic carbocycles. The Balaban J connectivity index is 1.73. The van der Waals surface area contributed by atoms with Crippen molar-refractivity contribution in [1.82, 2.24) is 0 Å². The lowest BCUT2D eigenvalue weighted by molar-refractivity contribution is -0.625. The van der Waals surface area contributed by atoms with E-state index in [1.807, 2.05) is 0 Å².